The topological polar surface area (TPSA) is 83.9 Å². The number of nitrogens with one attached hydrogen (secondary N) is 1. The number of anilines is 1. The number of carbonyl (C=O) groups is 1. The van der Waals surface area contributed by atoms with Crippen molar-refractivity contribution >= 4 is 46.7 Å². The molecule has 1 fully saturated rings. The van der Waals surface area contributed by atoms with E-state index in [1.807, 2.05) is 24.0 Å². The second-order valence-corrected chi connectivity index (χ2v) is 8.69. The van der Waals surface area contributed by atoms with Crippen LogP contribution in [0.2, 0.25) is 15.1 Å². The first kappa shape index (κ1) is 21.7. The van der Waals surface area contributed by atoms with Gasteiger partial charge in [0.2, 0.25) is 5.95 Å². The maximum Gasteiger partial charge on any atom is 0.255 e. The Morgan fingerprint density at radius 3 is 2.58 bits per heavy atom. The highest BCUT2D eigenvalue weighted by Gasteiger charge is 2.36. The van der Waals surface area contributed by atoms with Crippen LogP contribution < -0.4 is 5.32 Å². The van der Waals surface area contributed by atoms with Gasteiger partial charge in [-0.25, -0.2) is 9.97 Å². The summed E-state index contributed by atoms with van der Waals surface area (Å²) in [5.41, 5.74) is 2.25. The van der Waals surface area contributed by atoms with E-state index in [9.17, 15) is 4.79 Å². The van der Waals surface area contributed by atoms with Gasteiger partial charge >= 0.3 is 0 Å². The van der Waals surface area contributed by atoms with Gasteiger partial charge in [0.25, 0.3) is 5.91 Å². The first-order valence-corrected chi connectivity index (χ1v) is 10.8. The van der Waals surface area contributed by atoms with Crippen molar-refractivity contribution in [1.82, 2.24) is 25.1 Å². The van der Waals surface area contributed by atoms with Crippen molar-refractivity contribution in [2.45, 2.75) is 12.8 Å². The second-order valence-electron chi connectivity index (χ2n) is 7.44. The lowest BCUT2D eigenvalue weighted by molar-refractivity contribution is 0.0786. The minimum Gasteiger partial charge on any atom is -0.354 e. The second kappa shape index (κ2) is 9.34. The molecule has 1 amide bonds. The van der Waals surface area contributed by atoms with Gasteiger partial charge in [0.05, 0.1) is 44.9 Å². The molecule has 0 saturated carbocycles. The van der Waals surface area contributed by atoms with E-state index in [1.165, 1.54) is 18.6 Å². The Labute approximate surface area is 194 Å². The molecule has 1 unspecified atom stereocenters. The summed E-state index contributed by atoms with van der Waals surface area (Å²) in [6.45, 7) is 3.49. The smallest absolute Gasteiger partial charge is 0.255 e. The Morgan fingerprint density at radius 1 is 1.10 bits per heavy atom. The van der Waals surface area contributed by atoms with Crippen LogP contribution in [0.15, 0.2) is 42.9 Å². The Bertz CT molecular complexity index is 1090. The maximum atomic E-state index is 13.1. The quantitative estimate of drug-likeness (QED) is 0.582. The molecule has 1 saturated heterocycles. The molecule has 1 aromatic carbocycles. The van der Waals surface area contributed by atoms with Crippen LogP contribution in [0.1, 0.15) is 27.5 Å². The van der Waals surface area contributed by atoms with Crippen molar-refractivity contribution in [2.75, 3.05) is 25.0 Å². The van der Waals surface area contributed by atoms with Crippen molar-refractivity contribution < 1.29 is 4.79 Å². The van der Waals surface area contributed by atoms with E-state index in [1.54, 1.807) is 12.1 Å². The van der Waals surface area contributed by atoms with Gasteiger partial charge in [-0.2, -0.15) is 10.2 Å². The largest absolute Gasteiger partial charge is 0.354 e. The molecule has 2 atom stereocenters. The monoisotopic (exact) mass is 476 g/mol. The van der Waals surface area contributed by atoms with Crippen molar-refractivity contribution in [3.63, 3.8) is 0 Å². The number of carbonyl (C=O) groups excluding carboxylic acids is 1. The third-order valence-corrected chi connectivity index (χ3v) is 6.20. The van der Waals surface area contributed by atoms with Crippen molar-refractivity contribution in [3.8, 4) is 0 Å². The lowest BCUT2D eigenvalue weighted by Crippen LogP contribution is -2.30. The summed E-state index contributed by atoms with van der Waals surface area (Å²) in [5.74, 6) is 0.579. The summed E-state index contributed by atoms with van der Waals surface area (Å²) in [6.07, 6.45) is 4.57. The van der Waals surface area contributed by atoms with E-state index in [-0.39, 0.29) is 17.7 Å². The van der Waals surface area contributed by atoms with Crippen LogP contribution in [-0.4, -0.2) is 50.6 Å². The summed E-state index contributed by atoms with van der Waals surface area (Å²) in [6, 6.07) is 7.35. The number of benzene rings is 1. The zero-order valence-electron chi connectivity index (χ0n) is 16.6. The normalized spacial score (nSPS) is 18.3. The molecule has 160 valence electrons. The van der Waals surface area contributed by atoms with E-state index in [0.29, 0.717) is 51.9 Å². The molecule has 7 nitrogen and oxygen atoms in total. The zero-order valence-corrected chi connectivity index (χ0v) is 18.9. The van der Waals surface area contributed by atoms with E-state index in [4.69, 9.17) is 34.8 Å². The fourth-order valence-corrected chi connectivity index (χ4v) is 4.17. The number of nitrogens with zero attached hydrogens (tertiary/aromatic N) is 5. The first-order chi connectivity index (χ1) is 14.9. The SMILES string of the molecule is Cc1cc(C(=O)N2CC(CNc3ncc(Cl)cn3)[C@@H](c3ccc(Cl)c(Cl)c3)C2)cnn1. The first-order valence-electron chi connectivity index (χ1n) is 9.65. The highest BCUT2D eigenvalue weighted by Crippen LogP contribution is 2.36. The molecule has 10 heteroatoms. The molecule has 4 rings (SSSR count). The summed E-state index contributed by atoms with van der Waals surface area (Å²) in [5, 5.41) is 12.5. The van der Waals surface area contributed by atoms with Gasteiger partial charge in [0.15, 0.2) is 0 Å². The Morgan fingerprint density at radius 2 is 1.87 bits per heavy atom. The maximum absolute atomic E-state index is 13.1. The Hall–Kier alpha value is -2.48. The molecule has 0 bridgehead atoms. The highest BCUT2D eigenvalue weighted by atomic mass is 35.5. The van der Waals surface area contributed by atoms with Crippen LogP contribution in [-0.2, 0) is 0 Å². The van der Waals surface area contributed by atoms with E-state index in [2.05, 4.69) is 25.5 Å². The molecule has 1 aliphatic heterocycles. The number of likely N-dealkylation sites (tertiary alicyclic amines) is 1. The van der Waals surface area contributed by atoms with Crippen LogP contribution in [0.4, 0.5) is 5.95 Å². The van der Waals surface area contributed by atoms with Gasteiger partial charge in [-0.3, -0.25) is 4.79 Å². The molecule has 0 radical (unpaired) electrons. The summed E-state index contributed by atoms with van der Waals surface area (Å²) in [4.78, 5) is 23.3. The van der Waals surface area contributed by atoms with Gasteiger partial charge in [-0.1, -0.05) is 40.9 Å². The number of amides is 1. The minimum atomic E-state index is -0.0756. The zero-order chi connectivity index (χ0) is 22.0. The number of rotatable bonds is 5. The average molecular weight is 478 g/mol. The van der Waals surface area contributed by atoms with E-state index in [0.717, 1.165) is 5.56 Å². The fourth-order valence-electron chi connectivity index (χ4n) is 3.76. The number of hydrogen-bond donors (Lipinski definition) is 1. The van der Waals surface area contributed by atoms with Crippen LogP contribution >= 0.6 is 34.8 Å². The van der Waals surface area contributed by atoms with E-state index < -0.39 is 0 Å². The van der Waals surface area contributed by atoms with Crippen LogP contribution in [0.5, 0.6) is 0 Å². The number of hydrogen-bond acceptors (Lipinski definition) is 6. The lowest BCUT2D eigenvalue weighted by atomic mass is 9.89. The number of aryl methyl sites for hydroxylation is 1. The van der Waals surface area contributed by atoms with Crippen molar-refractivity contribution in [1.29, 1.82) is 0 Å². The molecular weight excluding hydrogens is 459 g/mol. The van der Waals surface area contributed by atoms with Crippen LogP contribution in [0.3, 0.4) is 0 Å². The molecular formula is C21H19Cl3N6O. The van der Waals surface area contributed by atoms with Gasteiger partial charge in [0.1, 0.15) is 0 Å². The van der Waals surface area contributed by atoms with Crippen molar-refractivity contribution in [2.24, 2.45) is 5.92 Å². The third kappa shape index (κ3) is 5.06. The molecule has 31 heavy (non-hydrogen) atoms. The van der Waals surface area contributed by atoms with Crippen LogP contribution in [0, 0.1) is 12.8 Å². The van der Waals surface area contributed by atoms with Gasteiger partial charge in [-0.05, 0) is 30.7 Å². The van der Waals surface area contributed by atoms with Gasteiger partial charge in [0, 0.05) is 31.5 Å². The molecule has 0 aliphatic carbocycles. The highest BCUT2D eigenvalue weighted by molar-refractivity contribution is 6.42. The van der Waals surface area contributed by atoms with Gasteiger partial charge in [-0.15, -0.1) is 0 Å². The fraction of sp³-hybridized carbons (Fsp3) is 0.286. The molecule has 2 aromatic heterocycles. The molecule has 1 aliphatic rings. The Balaban J connectivity index is 1.56. The van der Waals surface area contributed by atoms with E-state index >= 15 is 0 Å². The lowest BCUT2D eigenvalue weighted by Gasteiger charge is -2.19. The summed E-state index contributed by atoms with van der Waals surface area (Å²) >= 11 is 18.2. The third-order valence-electron chi connectivity index (χ3n) is 5.27. The average Bonchev–Trinajstić information content (AvgIpc) is 3.19. The summed E-state index contributed by atoms with van der Waals surface area (Å²) in [7, 11) is 0. The summed E-state index contributed by atoms with van der Waals surface area (Å²) < 4.78 is 0. The predicted molar refractivity (Wildman–Crippen MR) is 121 cm³/mol. The van der Waals surface area contributed by atoms with Gasteiger partial charge < -0.3 is 10.2 Å². The predicted octanol–water partition coefficient (Wildman–Crippen LogP) is 4.50. The Kier molecular flexibility index (Phi) is 6.55. The standard InChI is InChI=1S/C21H19Cl3N6O/c1-12-4-14(7-28-29-12)20(31)30-10-15(6-25-21-26-8-16(22)9-27-21)17(11-30)13-2-3-18(23)19(24)5-13/h2-5,7-9,15,17H,6,10-11H2,1H3,(H,25,26,27)/t15?,17-/m1/s1. The number of aromatic nitrogens is 4. The molecule has 0 spiro atoms. The minimum absolute atomic E-state index is 0.0643. The molecule has 3 aromatic rings. The number of halogens is 3. The molecule has 3 heterocycles. The van der Waals surface area contributed by atoms with Crippen molar-refractivity contribution in [3.05, 3.63) is 74.7 Å². The van der Waals surface area contributed by atoms with Crippen LogP contribution in [0.25, 0.3) is 0 Å². The molecule has 1 N–H and O–H groups in total.